The maximum Gasteiger partial charge on any atom is 0.208 e. The Morgan fingerprint density at radius 1 is 1.62 bits per heavy atom. The molecular weight excluding hydrogens is 186 g/mol. The number of rotatable bonds is 5. The molecule has 4 nitrogen and oxygen atoms in total. The van der Waals surface area contributed by atoms with Crippen LogP contribution < -0.4 is 4.90 Å². The van der Waals surface area contributed by atoms with E-state index in [0.29, 0.717) is 6.04 Å². The Kier molecular flexibility index (Phi) is 4.11. The van der Waals surface area contributed by atoms with Crippen molar-refractivity contribution < 1.29 is 5.11 Å². The molecule has 5 heteroatoms. The molecule has 0 aliphatic carbocycles. The topological polar surface area (TPSA) is 49.2 Å². The van der Waals surface area contributed by atoms with Crippen LogP contribution in [0.4, 0.5) is 5.13 Å². The van der Waals surface area contributed by atoms with Gasteiger partial charge in [-0.05, 0) is 20.3 Å². The molecule has 0 aliphatic heterocycles. The lowest BCUT2D eigenvalue weighted by Crippen LogP contribution is -2.32. The zero-order chi connectivity index (χ0) is 9.68. The highest BCUT2D eigenvalue weighted by atomic mass is 32.1. The van der Waals surface area contributed by atoms with Crippen LogP contribution in [-0.2, 0) is 0 Å². The first-order valence-electron chi connectivity index (χ1n) is 4.39. The van der Waals surface area contributed by atoms with E-state index < -0.39 is 0 Å². The third-order valence-corrected chi connectivity index (χ3v) is 2.50. The first-order chi connectivity index (χ1) is 6.25. The Bertz CT molecular complexity index is 225. The molecule has 13 heavy (non-hydrogen) atoms. The first-order valence-corrected chi connectivity index (χ1v) is 5.27. The molecule has 0 unspecified atom stereocenters. The fraction of sp³-hybridized carbons (Fsp3) is 0.750. The molecule has 1 N–H and O–H groups in total. The second-order valence-corrected chi connectivity index (χ2v) is 3.90. The Hall–Kier alpha value is -0.680. The second-order valence-electron chi connectivity index (χ2n) is 3.09. The van der Waals surface area contributed by atoms with Crippen molar-refractivity contribution in [2.45, 2.75) is 26.3 Å². The molecule has 0 saturated heterocycles. The van der Waals surface area contributed by atoms with E-state index >= 15 is 0 Å². The van der Waals surface area contributed by atoms with E-state index in [2.05, 4.69) is 28.9 Å². The summed E-state index contributed by atoms with van der Waals surface area (Å²) in [6.45, 7) is 5.28. The van der Waals surface area contributed by atoms with Gasteiger partial charge in [0.15, 0.2) is 0 Å². The third kappa shape index (κ3) is 2.93. The van der Waals surface area contributed by atoms with Crippen molar-refractivity contribution in [3.63, 3.8) is 0 Å². The van der Waals surface area contributed by atoms with E-state index in [1.165, 1.54) is 11.3 Å². The van der Waals surface area contributed by atoms with Crippen LogP contribution in [-0.4, -0.2) is 34.5 Å². The third-order valence-electron chi connectivity index (χ3n) is 1.77. The lowest BCUT2D eigenvalue weighted by Gasteiger charge is -2.24. The van der Waals surface area contributed by atoms with E-state index in [0.717, 1.165) is 18.1 Å². The van der Waals surface area contributed by atoms with Crippen molar-refractivity contribution in [2.75, 3.05) is 18.1 Å². The van der Waals surface area contributed by atoms with Gasteiger partial charge in [-0.1, -0.05) is 11.3 Å². The van der Waals surface area contributed by atoms with Crippen LogP contribution in [0.15, 0.2) is 5.51 Å². The van der Waals surface area contributed by atoms with Crippen LogP contribution in [0.1, 0.15) is 20.3 Å². The lowest BCUT2D eigenvalue weighted by atomic mass is 10.3. The average Bonchev–Trinajstić information content (AvgIpc) is 2.57. The molecule has 1 rings (SSSR count). The molecule has 0 bridgehead atoms. The van der Waals surface area contributed by atoms with Crippen LogP contribution in [0.3, 0.4) is 0 Å². The van der Waals surface area contributed by atoms with Gasteiger partial charge in [0.1, 0.15) is 5.51 Å². The molecule has 0 radical (unpaired) electrons. The Morgan fingerprint density at radius 3 is 2.85 bits per heavy atom. The zero-order valence-corrected chi connectivity index (χ0v) is 8.79. The molecule has 0 spiro atoms. The van der Waals surface area contributed by atoms with Crippen LogP contribution in [0.25, 0.3) is 0 Å². The number of aliphatic hydroxyl groups excluding tert-OH is 1. The molecule has 0 aromatic carbocycles. The van der Waals surface area contributed by atoms with Gasteiger partial charge in [-0.2, -0.15) is 0 Å². The lowest BCUT2D eigenvalue weighted by molar-refractivity contribution is 0.288. The number of hydrogen-bond donors (Lipinski definition) is 1. The molecule has 0 amide bonds. The van der Waals surface area contributed by atoms with Crippen molar-refractivity contribution in [1.29, 1.82) is 0 Å². The number of nitrogens with zero attached hydrogens (tertiary/aromatic N) is 3. The van der Waals surface area contributed by atoms with Gasteiger partial charge in [0, 0.05) is 19.2 Å². The van der Waals surface area contributed by atoms with E-state index in [4.69, 9.17) is 5.11 Å². The highest BCUT2D eigenvalue weighted by molar-refractivity contribution is 7.13. The highest BCUT2D eigenvalue weighted by Crippen LogP contribution is 2.18. The van der Waals surface area contributed by atoms with Gasteiger partial charge in [-0.25, -0.2) is 0 Å². The molecule has 74 valence electrons. The van der Waals surface area contributed by atoms with E-state index in [1.54, 1.807) is 5.51 Å². The summed E-state index contributed by atoms with van der Waals surface area (Å²) in [6, 6.07) is 0.402. The quantitative estimate of drug-likeness (QED) is 0.776. The zero-order valence-electron chi connectivity index (χ0n) is 7.97. The number of hydrogen-bond acceptors (Lipinski definition) is 5. The molecule has 1 aromatic rings. The van der Waals surface area contributed by atoms with Crippen molar-refractivity contribution in [3.05, 3.63) is 5.51 Å². The van der Waals surface area contributed by atoms with Crippen LogP contribution in [0.2, 0.25) is 0 Å². The standard InChI is InChI=1S/C8H15N3OS/c1-7(2)11(4-3-5-12)8-10-9-6-13-8/h6-7,12H,3-5H2,1-2H3. The van der Waals surface area contributed by atoms with Gasteiger partial charge in [-0.15, -0.1) is 10.2 Å². The molecule has 0 fully saturated rings. The van der Waals surface area contributed by atoms with Crippen molar-refractivity contribution in [1.82, 2.24) is 10.2 Å². The predicted octanol–water partition coefficient (Wildman–Crippen LogP) is 1.14. The van der Waals surface area contributed by atoms with Crippen LogP contribution in [0, 0.1) is 0 Å². The summed E-state index contributed by atoms with van der Waals surface area (Å²) in [5.74, 6) is 0. The Morgan fingerprint density at radius 2 is 2.38 bits per heavy atom. The van der Waals surface area contributed by atoms with Gasteiger partial charge in [0.05, 0.1) is 0 Å². The van der Waals surface area contributed by atoms with E-state index in [-0.39, 0.29) is 6.61 Å². The first kappa shape index (κ1) is 10.4. The highest BCUT2D eigenvalue weighted by Gasteiger charge is 2.12. The smallest absolute Gasteiger partial charge is 0.208 e. The van der Waals surface area contributed by atoms with Gasteiger partial charge < -0.3 is 10.0 Å². The van der Waals surface area contributed by atoms with Gasteiger partial charge in [0.2, 0.25) is 5.13 Å². The van der Waals surface area contributed by atoms with E-state index in [1.807, 2.05) is 0 Å². The largest absolute Gasteiger partial charge is 0.396 e. The van der Waals surface area contributed by atoms with Crippen molar-refractivity contribution >= 4 is 16.5 Å². The molecule has 1 heterocycles. The molecule has 0 atom stereocenters. The number of anilines is 1. The normalized spacial score (nSPS) is 10.8. The summed E-state index contributed by atoms with van der Waals surface area (Å²) < 4.78 is 0. The maximum atomic E-state index is 8.74. The summed E-state index contributed by atoms with van der Waals surface area (Å²) in [5.41, 5.74) is 1.73. The SMILES string of the molecule is CC(C)N(CCCO)c1nncs1. The minimum Gasteiger partial charge on any atom is -0.396 e. The summed E-state index contributed by atoms with van der Waals surface area (Å²) in [7, 11) is 0. The average molecular weight is 201 g/mol. The number of aromatic nitrogens is 2. The Labute approximate surface area is 82.2 Å². The van der Waals surface area contributed by atoms with Crippen LogP contribution >= 0.6 is 11.3 Å². The summed E-state index contributed by atoms with van der Waals surface area (Å²) in [4.78, 5) is 2.15. The monoisotopic (exact) mass is 201 g/mol. The molecule has 0 saturated carbocycles. The van der Waals surface area contributed by atoms with E-state index in [9.17, 15) is 0 Å². The van der Waals surface area contributed by atoms with Gasteiger partial charge >= 0.3 is 0 Å². The molecular formula is C8H15N3OS. The number of aliphatic hydroxyl groups is 1. The molecule has 0 aliphatic rings. The van der Waals surface area contributed by atoms with Gasteiger partial charge in [0.25, 0.3) is 0 Å². The summed E-state index contributed by atoms with van der Waals surface area (Å²) >= 11 is 1.53. The fourth-order valence-electron chi connectivity index (χ4n) is 1.11. The second kappa shape index (κ2) is 5.14. The summed E-state index contributed by atoms with van der Waals surface area (Å²) in [5, 5.41) is 17.5. The fourth-order valence-corrected chi connectivity index (χ4v) is 1.83. The minimum absolute atomic E-state index is 0.224. The minimum atomic E-state index is 0.224. The van der Waals surface area contributed by atoms with Crippen molar-refractivity contribution in [2.24, 2.45) is 0 Å². The predicted molar refractivity (Wildman–Crippen MR) is 54.1 cm³/mol. The molecule has 1 aromatic heterocycles. The summed E-state index contributed by atoms with van der Waals surface area (Å²) in [6.07, 6.45) is 0.776. The van der Waals surface area contributed by atoms with Crippen molar-refractivity contribution in [3.8, 4) is 0 Å². The van der Waals surface area contributed by atoms with Crippen LogP contribution in [0.5, 0.6) is 0 Å². The maximum absolute atomic E-state index is 8.74. The van der Waals surface area contributed by atoms with Gasteiger partial charge in [-0.3, -0.25) is 0 Å². The Balaban J connectivity index is 2.58.